The molecule has 1 saturated heterocycles. The lowest BCUT2D eigenvalue weighted by Gasteiger charge is -2.31. The maximum Gasteiger partial charge on any atom is 0.345 e. The summed E-state index contributed by atoms with van der Waals surface area (Å²) >= 11 is 0. The van der Waals surface area contributed by atoms with Gasteiger partial charge in [-0.1, -0.05) is 25.0 Å². The van der Waals surface area contributed by atoms with E-state index in [0.29, 0.717) is 31.5 Å². The van der Waals surface area contributed by atoms with Crippen LogP contribution in [0.15, 0.2) is 29.1 Å². The van der Waals surface area contributed by atoms with Gasteiger partial charge >= 0.3 is 5.69 Å². The summed E-state index contributed by atoms with van der Waals surface area (Å²) in [6, 6.07) is 5.93. The van der Waals surface area contributed by atoms with Crippen molar-refractivity contribution in [3.05, 3.63) is 52.0 Å². The number of rotatable bonds is 5. The molecule has 9 heteroatoms. The van der Waals surface area contributed by atoms with Gasteiger partial charge in [-0.25, -0.2) is 26.6 Å². The fraction of sp³-hybridized carbons (Fsp3) is 0.600. The number of sulfonamides is 1. The lowest BCUT2D eigenvalue weighted by molar-refractivity contribution is 0.304. The van der Waals surface area contributed by atoms with Gasteiger partial charge in [0, 0.05) is 32.1 Å². The Hall–Kier alpha value is -2.00. The van der Waals surface area contributed by atoms with E-state index in [2.05, 4.69) is 5.10 Å². The van der Waals surface area contributed by atoms with Gasteiger partial charge in [0.2, 0.25) is 10.0 Å². The van der Waals surface area contributed by atoms with E-state index in [-0.39, 0.29) is 23.4 Å². The largest absolute Gasteiger partial charge is 0.345 e. The first-order chi connectivity index (χ1) is 13.8. The highest BCUT2D eigenvalue weighted by molar-refractivity contribution is 7.88. The van der Waals surface area contributed by atoms with Crippen LogP contribution in [0.3, 0.4) is 0 Å². The molecule has 0 atom stereocenters. The molecule has 0 amide bonds. The summed E-state index contributed by atoms with van der Waals surface area (Å²) in [6.07, 6.45) is 5.51. The Morgan fingerprint density at radius 2 is 1.83 bits per heavy atom. The molecular weight excluding hydrogens is 395 g/mol. The fourth-order valence-corrected chi connectivity index (χ4v) is 6.15. The van der Waals surface area contributed by atoms with E-state index < -0.39 is 15.8 Å². The molecule has 1 aliphatic carbocycles. The summed E-state index contributed by atoms with van der Waals surface area (Å²) < 4.78 is 43.7. The molecule has 2 aromatic rings. The minimum absolute atomic E-state index is 0.0742. The molecule has 2 heterocycles. The second-order valence-electron chi connectivity index (χ2n) is 8.13. The van der Waals surface area contributed by atoms with Crippen molar-refractivity contribution in [2.75, 3.05) is 13.1 Å². The Bertz CT molecular complexity index is 1030. The van der Waals surface area contributed by atoms with Gasteiger partial charge in [0.25, 0.3) is 0 Å². The summed E-state index contributed by atoms with van der Waals surface area (Å²) in [6.45, 7) is 0.773. The van der Waals surface area contributed by atoms with E-state index in [4.69, 9.17) is 0 Å². The van der Waals surface area contributed by atoms with Crippen LogP contribution in [0, 0.1) is 5.82 Å². The molecule has 1 aromatic carbocycles. The molecule has 158 valence electrons. The number of hydrogen-bond acceptors (Lipinski definition) is 4. The minimum Gasteiger partial charge on any atom is -0.276 e. The standard InChI is InChI=1S/C20H27FN4O3S/c1-23-20(26)25(18-7-2-3-8-18)19(22-23)16-9-11-24(12-10-16)29(27,28)14-15-5-4-6-17(21)13-15/h4-6,13,16,18H,2-3,7-12,14H2,1H3. The SMILES string of the molecule is Cn1nc(C2CCN(S(=O)(=O)Cc3cccc(F)c3)CC2)n(C2CCCC2)c1=O. The summed E-state index contributed by atoms with van der Waals surface area (Å²) in [4.78, 5) is 12.6. The zero-order chi connectivity index (χ0) is 20.6. The van der Waals surface area contributed by atoms with E-state index in [9.17, 15) is 17.6 Å². The van der Waals surface area contributed by atoms with Crippen molar-refractivity contribution in [2.45, 2.75) is 56.2 Å². The number of aryl methyl sites for hydroxylation is 1. The van der Waals surface area contributed by atoms with Crippen LogP contribution in [-0.2, 0) is 22.8 Å². The molecule has 0 radical (unpaired) electrons. The van der Waals surface area contributed by atoms with E-state index in [1.165, 1.54) is 27.2 Å². The molecule has 0 bridgehead atoms. The molecule has 0 N–H and O–H groups in total. The lowest BCUT2D eigenvalue weighted by Crippen LogP contribution is -2.39. The van der Waals surface area contributed by atoms with E-state index in [1.54, 1.807) is 13.1 Å². The summed E-state index contributed by atoms with van der Waals surface area (Å²) in [5.74, 6) is 0.236. The molecule has 1 aliphatic heterocycles. The number of piperidine rings is 1. The zero-order valence-corrected chi connectivity index (χ0v) is 17.4. The number of hydrogen-bond donors (Lipinski definition) is 0. The molecule has 1 aromatic heterocycles. The van der Waals surface area contributed by atoms with Gasteiger partial charge in [-0.3, -0.25) is 4.57 Å². The number of benzene rings is 1. The smallest absolute Gasteiger partial charge is 0.276 e. The van der Waals surface area contributed by atoms with Crippen molar-refractivity contribution in [3.8, 4) is 0 Å². The van der Waals surface area contributed by atoms with Crippen LogP contribution >= 0.6 is 0 Å². The Kier molecular flexibility index (Phi) is 5.61. The molecule has 1 saturated carbocycles. The molecule has 7 nitrogen and oxygen atoms in total. The van der Waals surface area contributed by atoms with Crippen LogP contribution in [0.25, 0.3) is 0 Å². The van der Waals surface area contributed by atoms with Gasteiger partial charge in [-0.2, -0.15) is 5.10 Å². The fourth-order valence-electron chi connectivity index (χ4n) is 4.60. The summed E-state index contributed by atoms with van der Waals surface area (Å²) in [5.41, 5.74) is 0.375. The predicted octanol–water partition coefficient (Wildman–Crippen LogP) is 2.55. The second-order valence-corrected chi connectivity index (χ2v) is 10.1. The van der Waals surface area contributed by atoms with Crippen molar-refractivity contribution in [2.24, 2.45) is 7.05 Å². The number of aromatic nitrogens is 3. The van der Waals surface area contributed by atoms with Crippen molar-refractivity contribution in [1.29, 1.82) is 0 Å². The Balaban J connectivity index is 1.47. The summed E-state index contributed by atoms with van der Waals surface area (Å²) in [7, 11) is -1.84. The van der Waals surface area contributed by atoms with Gasteiger partial charge in [0.1, 0.15) is 11.6 Å². The summed E-state index contributed by atoms with van der Waals surface area (Å²) in [5, 5.41) is 4.50. The lowest BCUT2D eigenvalue weighted by atomic mass is 9.97. The van der Waals surface area contributed by atoms with Crippen LogP contribution < -0.4 is 5.69 Å². The topological polar surface area (TPSA) is 77.2 Å². The monoisotopic (exact) mass is 422 g/mol. The zero-order valence-electron chi connectivity index (χ0n) is 16.6. The molecule has 2 fully saturated rings. The average molecular weight is 423 g/mol. The Morgan fingerprint density at radius 3 is 2.48 bits per heavy atom. The maximum atomic E-state index is 13.4. The van der Waals surface area contributed by atoms with Gasteiger partial charge in [0.15, 0.2) is 0 Å². The quantitative estimate of drug-likeness (QED) is 0.742. The van der Waals surface area contributed by atoms with Gasteiger partial charge in [0.05, 0.1) is 5.75 Å². The van der Waals surface area contributed by atoms with Crippen LogP contribution in [0.5, 0.6) is 0 Å². The van der Waals surface area contributed by atoms with Crippen LogP contribution in [0.2, 0.25) is 0 Å². The molecule has 4 rings (SSSR count). The number of halogens is 1. The third-order valence-corrected chi connectivity index (χ3v) is 7.97. The second kappa shape index (κ2) is 8.02. The van der Waals surface area contributed by atoms with Crippen LogP contribution in [0.4, 0.5) is 4.39 Å². The first-order valence-corrected chi connectivity index (χ1v) is 11.8. The van der Waals surface area contributed by atoms with E-state index in [0.717, 1.165) is 31.5 Å². The third-order valence-electron chi connectivity index (χ3n) is 6.12. The third kappa shape index (κ3) is 4.16. The Labute approximate surface area is 170 Å². The highest BCUT2D eigenvalue weighted by atomic mass is 32.2. The maximum absolute atomic E-state index is 13.4. The van der Waals surface area contributed by atoms with Crippen molar-refractivity contribution >= 4 is 10.0 Å². The van der Waals surface area contributed by atoms with Crippen LogP contribution in [-0.4, -0.2) is 40.2 Å². The van der Waals surface area contributed by atoms with Gasteiger partial charge in [-0.05, 0) is 43.4 Å². The molecular formula is C20H27FN4O3S. The van der Waals surface area contributed by atoms with Crippen LogP contribution in [0.1, 0.15) is 61.9 Å². The van der Waals surface area contributed by atoms with Crippen molar-refractivity contribution in [1.82, 2.24) is 18.7 Å². The molecule has 0 spiro atoms. The predicted molar refractivity (Wildman–Crippen MR) is 108 cm³/mol. The van der Waals surface area contributed by atoms with Gasteiger partial charge in [-0.15, -0.1) is 0 Å². The van der Waals surface area contributed by atoms with Crippen molar-refractivity contribution < 1.29 is 12.8 Å². The molecule has 0 unspecified atom stereocenters. The number of nitrogens with zero attached hydrogens (tertiary/aromatic N) is 4. The highest BCUT2D eigenvalue weighted by Gasteiger charge is 2.33. The van der Waals surface area contributed by atoms with E-state index in [1.807, 2.05) is 4.57 Å². The first-order valence-electron chi connectivity index (χ1n) is 10.2. The van der Waals surface area contributed by atoms with E-state index >= 15 is 0 Å². The first kappa shape index (κ1) is 20.3. The molecule has 29 heavy (non-hydrogen) atoms. The normalized spacial score (nSPS) is 19.8. The molecule has 2 aliphatic rings. The highest BCUT2D eigenvalue weighted by Crippen LogP contribution is 2.34. The minimum atomic E-state index is -3.51. The Morgan fingerprint density at radius 1 is 1.14 bits per heavy atom. The van der Waals surface area contributed by atoms with Crippen molar-refractivity contribution in [3.63, 3.8) is 0 Å². The van der Waals surface area contributed by atoms with Gasteiger partial charge < -0.3 is 0 Å². The average Bonchev–Trinajstić information content (AvgIpc) is 3.30.